The average Bonchev–Trinajstić information content (AvgIpc) is 3.12. The van der Waals surface area contributed by atoms with Crippen LogP contribution < -0.4 is 11.0 Å². The molecule has 5 atom stereocenters. The molecule has 1 amide bonds. The van der Waals surface area contributed by atoms with Crippen molar-refractivity contribution in [2.45, 2.75) is 91.5 Å². The number of rotatable bonds is 13. The molecule has 1 aromatic rings. The maximum absolute atomic E-state index is 12.8. The first kappa shape index (κ1) is 32.3. The van der Waals surface area contributed by atoms with Crippen LogP contribution in [0.1, 0.15) is 61.1 Å². The van der Waals surface area contributed by atoms with Crippen molar-refractivity contribution in [3.63, 3.8) is 0 Å². The van der Waals surface area contributed by atoms with Crippen LogP contribution in [0.4, 0.5) is 5.82 Å². The van der Waals surface area contributed by atoms with E-state index >= 15 is 0 Å². The highest BCUT2D eigenvalue weighted by molar-refractivity contribution is 7.44. The average molecular weight is 570 g/mol. The van der Waals surface area contributed by atoms with Gasteiger partial charge in [0, 0.05) is 39.1 Å². The molecule has 1 aliphatic rings. The Bertz CT molecular complexity index is 1100. The van der Waals surface area contributed by atoms with E-state index in [9.17, 15) is 19.2 Å². The topological polar surface area (TPSA) is 171 Å². The summed E-state index contributed by atoms with van der Waals surface area (Å²) in [6, 6.07) is 3.50. The highest BCUT2D eigenvalue weighted by Gasteiger charge is 2.51. The van der Waals surface area contributed by atoms with E-state index in [1.54, 1.807) is 0 Å². The van der Waals surface area contributed by atoms with Gasteiger partial charge in [-0.25, -0.2) is 9.46 Å². The molecular weight excluding hydrogens is 533 g/mol. The minimum Gasteiger partial charge on any atom is -0.456 e. The largest absolute Gasteiger partial charge is 0.456 e. The Kier molecular flexibility index (Phi) is 12.4. The van der Waals surface area contributed by atoms with Gasteiger partial charge in [0.2, 0.25) is 5.91 Å². The fourth-order valence-corrected chi connectivity index (χ4v) is 5.64. The quantitative estimate of drug-likeness (QED) is 0.209. The van der Waals surface area contributed by atoms with Gasteiger partial charge in [-0.15, -0.1) is 0 Å². The number of aromatic nitrogens is 2. The maximum Gasteiger partial charge on any atom is 0.351 e. The number of nitriles is 1. The highest BCUT2D eigenvalue weighted by atomic mass is 31.2. The molecule has 0 bridgehead atoms. The summed E-state index contributed by atoms with van der Waals surface area (Å²) in [6.07, 6.45) is -3.01. The van der Waals surface area contributed by atoms with Gasteiger partial charge in [0.1, 0.15) is 11.9 Å². The second kappa shape index (κ2) is 15.0. The van der Waals surface area contributed by atoms with E-state index < -0.39 is 56.6 Å². The van der Waals surface area contributed by atoms with Crippen LogP contribution in [-0.2, 0) is 37.6 Å². The molecule has 0 spiro atoms. The lowest BCUT2D eigenvalue weighted by Gasteiger charge is -2.36. The molecule has 1 N–H and O–H groups in total. The van der Waals surface area contributed by atoms with Gasteiger partial charge >= 0.3 is 17.6 Å². The van der Waals surface area contributed by atoms with E-state index in [-0.39, 0.29) is 37.5 Å². The fraction of sp³-hybridized carbons (Fsp3) is 0.667. The number of carbonyl (C=O) groups is 3. The van der Waals surface area contributed by atoms with Crippen LogP contribution in [0, 0.1) is 11.3 Å². The first-order valence-electron chi connectivity index (χ1n) is 12.4. The van der Waals surface area contributed by atoms with Crippen LogP contribution in [0.5, 0.6) is 0 Å². The zero-order valence-corrected chi connectivity index (χ0v) is 24.0. The van der Waals surface area contributed by atoms with Gasteiger partial charge in [0.25, 0.3) is 8.53 Å². The van der Waals surface area contributed by atoms with Gasteiger partial charge in [-0.3, -0.25) is 19.0 Å². The van der Waals surface area contributed by atoms with Crippen molar-refractivity contribution in [2.24, 2.45) is 0 Å². The summed E-state index contributed by atoms with van der Waals surface area (Å²) in [6.45, 7) is 11.6. The maximum atomic E-state index is 12.8. The van der Waals surface area contributed by atoms with Crippen molar-refractivity contribution >= 4 is 32.2 Å². The van der Waals surface area contributed by atoms with Gasteiger partial charge in [0.15, 0.2) is 18.4 Å². The summed E-state index contributed by atoms with van der Waals surface area (Å²) in [5.74, 6) is -1.72. The number of anilines is 1. The molecule has 1 aromatic heterocycles. The molecule has 0 aromatic carbocycles. The van der Waals surface area contributed by atoms with Crippen molar-refractivity contribution in [1.82, 2.24) is 14.2 Å². The first-order valence-corrected chi connectivity index (χ1v) is 13.6. The van der Waals surface area contributed by atoms with Gasteiger partial charge in [-0.05, 0) is 33.8 Å². The standard InChI is InChI=1S/C24H36N5O9P/c1-14(2)29(15(3)4)39(34-12-8-10-25)35-13-19-21(36-17(6)31)22(37-18(7)32)23(38-19)28-11-9-20(26-16(5)30)27-24(28)33/h9,11,14-15,19,21-23H,8,12-13H2,1-7H3,(H,26,27,30,33)/t19-,21-,22-,23-,39?/m1/s1. The van der Waals surface area contributed by atoms with E-state index in [4.69, 9.17) is 28.5 Å². The molecule has 2 rings (SSSR count). The Morgan fingerprint density at radius 3 is 2.26 bits per heavy atom. The van der Waals surface area contributed by atoms with Crippen molar-refractivity contribution < 1.29 is 37.6 Å². The van der Waals surface area contributed by atoms with Gasteiger partial charge in [-0.2, -0.15) is 10.2 Å². The number of amides is 1. The fourth-order valence-electron chi connectivity index (χ4n) is 4.02. The molecule has 14 nitrogen and oxygen atoms in total. The molecule has 1 fully saturated rings. The Morgan fingerprint density at radius 1 is 1.13 bits per heavy atom. The van der Waals surface area contributed by atoms with Crippen molar-refractivity contribution in [3.8, 4) is 6.07 Å². The van der Waals surface area contributed by atoms with E-state index in [1.165, 1.54) is 33.0 Å². The number of esters is 2. The first-order chi connectivity index (χ1) is 18.3. The number of hydrogen-bond acceptors (Lipinski definition) is 12. The molecule has 0 aliphatic carbocycles. The molecule has 39 heavy (non-hydrogen) atoms. The molecule has 0 radical (unpaired) electrons. The Morgan fingerprint density at radius 2 is 1.74 bits per heavy atom. The second-order valence-electron chi connectivity index (χ2n) is 9.24. The second-order valence-corrected chi connectivity index (χ2v) is 10.7. The molecule has 1 unspecified atom stereocenters. The minimum atomic E-state index is -1.66. The van der Waals surface area contributed by atoms with Crippen LogP contribution in [0.2, 0.25) is 0 Å². The zero-order valence-electron chi connectivity index (χ0n) is 23.2. The SMILES string of the molecule is CC(=O)Nc1ccn([C@@H]2O[C@H](COP(OCCC#N)N(C(C)C)C(C)C)[C@@H](OC(C)=O)[C@H]2OC(C)=O)c(=O)n1. The third kappa shape index (κ3) is 9.33. The molecule has 15 heteroatoms. The summed E-state index contributed by atoms with van der Waals surface area (Å²) in [5, 5.41) is 11.4. The molecule has 216 valence electrons. The van der Waals surface area contributed by atoms with Crippen LogP contribution >= 0.6 is 8.53 Å². The monoisotopic (exact) mass is 569 g/mol. The molecule has 2 heterocycles. The van der Waals surface area contributed by atoms with E-state index in [1.807, 2.05) is 38.4 Å². The Labute approximate surface area is 228 Å². The van der Waals surface area contributed by atoms with E-state index in [0.717, 1.165) is 4.57 Å². The molecular formula is C24H36N5O9P. The predicted octanol–water partition coefficient (Wildman–Crippen LogP) is 2.26. The van der Waals surface area contributed by atoms with Gasteiger partial charge in [-0.1, -0.05) is 0 Å². The van der Waals surface area contributed by atoms with Crippen LogP contribution in [0.3, 0.4) is 0 Å². The Balaban J connectivity index is 2.40. The normalized spacial score (nSPS) is 21.6. The molecule has 1 saturated heterocycles. The number of nitrogens with zero attached hydrogens (tertiary/aromatic N) is 4. The number of hydrogen-bond donors (Lipinski definition) is 1. The van der Waals surface area contributed by atoms with Crippen molar-refractivity contribution in [2.75, 3.05) is 18.5 Å². The lowest BCUT2D eigenvalue weighted by Crippen LogP contribution is -2.42. The highest BCUT2D eigenvalue weighted by Crippen LogP contribution is 2.47. The summed E-state index contributed by atoms with van der Waals surface area (Å²) in [5.41, 5.74) is -0.792. The van der Waals surface area contributed by atoms with Gasteiger partial charge in [0.05, 0.1) is 25.7 Å². The molecule has 0 saturated carbocycles. The van der Waals surface area contributed by atoms with Crippen molar-refractivity contribution in [1.29, 1.82) is 5.26 Å². The van der Waals surface area contributed by atoms with Crippen LogP contribution in [0.15, 0.2) is 17.1 Å². The van der Waals surface area contributed by atoms with E-state index in [2.05, 4.69) is 10.3 Å². The summed E-state index contributed by atoms with van der Waals surface area (Å²) < 4.78 is 32.2. The summed E-state index contributed by atoms with van der Waals surface area (Å²) in [4.78, 5) is 52.0. The summed E-state index contributed by atoms with van der Waals surface area (Å²) >= 11 is 0. The smallest absolute Gasteiger partial charge is 0.351 e. The van der Waals surface area contributed by atoms with Crippen LogP contribution in [-0.4, -0.2) is 75.7 Å². The van der Waals surface area contributed by atoms with Crippen LogP contribution in [0.25, 0.3) is 0 Å². The lowest BCUT2D eigenvalue weighted by atomic mass is 10.1. The number of ether oxygens (including phenoxy) is 3. The zero-order chi connectivity index (χ0) is 29.3. The lowest BCUT2D eigenvalue weighted by molar-refractivity contribution is -0.165. The Hall–Kier alpha value is -2.95. The minimum absolute atomic E-state index is 0.0322. The van der Waals surface area contributed by atoms with Crippen molar-refractivity contribution in [3.05, 3.63) is 22.7 Å². The number of nitrogens with one attached hydrogen (secondary N) is 1. The molecule has 1 aliphatic heterocycles. The third-order valence-corrected chi connectivity index (χ3v) is 7.38. The van der Waals surface area contributed by atoms with Gasteiger partial charge < -0.3 is 28.6 Å². The third-order valence-electron chi connectivity index (χ3n) is 5.31. The predicted molar refractivity (Wildman–Crippen MR) is 139 cm³/mol. The number of carbonyl (C=O) groups excluding carboxylic acids is 3. The van der Waals surface area contributed by atoms with E-state index in [0.29, 0.717) is 0 Å². The summed E-state index contributed by atoms with van der Waals surface area (Å²) in [7, 11) is -1.66.